The van der Waals surface area contributed by atoms with Crippen LogP contribution in [0, 0.1) is 0 Å². The van der Waals surface area contributed by atoms with Crippen molar-refractivity contribution in [2.45, 2.75) is 11.1 Å². The van der Waals surface area contributed by atoms with Crippen molar-refractivity contribution < 1.29 is 26.3 Å². The molecule has 1 N–H and O–H groups in total. The standard InChI is InChI=1S/C19H12Cl2F3NO3S/c20-16-10-5-12(11-15(16)19(22,23)24)25-29(26,27)14-8-6-13(7-9-14)28-18-4-2-1-3-17(18)21/h1-11,25H. The molecule has 0 saturated carbocycles. The molecule has 0 spiro atoms. The number of nitrogens with one attached hydrogen (secondary N) is 1. The Hall–Kier alpha value is -2.42. The fourth-order valence-corrected chi connectivity index (χ4v) is 3.81. The molecule has 10 heteroatoms. The summed E-state index contributed by atoms with van der Waals surface area (Å²) in [7, 11) is -4.13. The first-order chi connectivity index (χ1) is 13.6. The molecule has 0 aliphatic carbocycles. The van der Waals surface area contributed by atoms with Crippen molar-refractivity contribution in [3.63, 3.8) is 0 Å². The van der Waals surface area contributed by atoms with Gasteiger partial charge in [0, 0.05) is 5.69 Å². The van der Waals surface area contributed by atoms with Crippen molar-refractivity contribution in [2.75, 3.05) is 4.72 Å². The number of rotatable bonds is 5. The quantitative estimate of drug-likeness (QED) is 0.465. The van der Waals surface area contributed by atoms with Gasteiger partial charge in [0.05, 0.1) is 20.5 Å². The molecule has 0 unspecified atom stereocenters. The molecule has 0 aliphatic rings. The van der Waals surface area contributed by atoms with Crippen LogP contribution in [-0.4, -0.2) is 8.42 Å². The van der Waals surface area contributed by atoms with Crippen molar-refractivity contribution in [3.05, 3.63) is 82.3 Å². The van der Waals surface area contributed by atoms with Crippen molar-refractivity contribution in [3.8, 4) is 11.5 Å². The lowest BCUT2D eigenvalue weighted by Gasteiger charge is -2.13. The van der Waals surface area contributed by atoms with Gasteiger partial charge in [0.1, 0.15) is 11.5 Å². The molecule has 0 amide bonds. The first-order valence-electron chi connectivity index (χ1n) is 7.98. The van der Waals surface area contributed by atoms with Crippen LogP contribution in [0.1, 0.15) is 5.56 Å². The first-order valence-corrected chi connectivity index (χ1v) is 10.2. The molecule has 0 aromatic heterocycles. The summed E-state index contributed by atoms with van der Waals surface area (Å²) >= 11 is 11.5. The van der Waals surface area contributed by atoms with Crippen LogP contribution in [0.25, 0.3) is 0 Å². The van der Waals surface area contributed by atoms with E-state index in [4.69, 9.17) is 27.9 Å². The van der Waals surface area contributed by atoms with Crippen molar-refractivity contribution in [2.24, 2.45) is 0 Å². The zero-order valence-electron chi connectivity index (χ0n) is 14.4. The van der Waals surface area contributed by atoms with E-state index in [0.29, 0.717) is 22.6 Å². The van der Waals surface area contributed by atoms with E-state index >= 15 is 0 Å². The number of benzene rings is 3. The molecule has 0 radical (unpaired) electrons. The molecule has 0 saturated heterocycles. The van der Waals surface area contributed by atoms with Crippen LogP contribution >= 0.6 is 23.2 Å². The van der Waals surface area contributed by atoms with E-state index in [1.807, 2.05) is 0 Å². The molecular formula is C19H12Cl2F3NO3S. The predicted octanol–water partition coefficient (Wildman–Crippen LogP) is 6.61. The average Bonchev–Trinajstić information content (AvgIpc) is 2.64. The second-order valence-corrected chi connectivity index (χ2v) is 8.30. The van der Waals surface area contributed by atoms with Gasteiger partial charge in [-0.3, -0.25) is 4.72 Å². The molecular weight excluding hydrogens is 450 g/mol. The molecule has 0 aliphatic heterocycles. The number of para-hydroxylation sites is 1. The normalized spacial score (nSPS) is 11.9. The highest BCUT2D eigenvalue weighted by atomic mass is 35.5. The summed E-state index contributed by atoms with van der Waals surface area (Å²) < 4.78 is 71.5. The minimum absolute atomic E-state index is 0.160. The third-order valence-electron chi connectivity index (χ3n) is 3.72. The van der Waals surface area contributed by atoms with Crippen LogP contribution in [0.2, 0.25) is 10.0 Å². The minimum Gasteiger partial charge on any atom is -0.456 e. The second-order valence-electron chi connectivity index (χ2n) is 5.80. The van der Waals surface area contributed by atoms with Crippen LogP contribution in [0.5, 0.6) is 11.5 Å². The van der Waals surface area contributed by atoms with Crippen LogP contribution in [0.4, 0.5) is 18.9 Å². The van der Waals surface area contributed by atoms with Crippen LogP contribution in [0.15, 0.2) is 71.6 Å². The van der Waals surface area contributed by atoms with E-state index in [-0.39, 0.29) is 10.6 Å². The van der Waals surface area contributed by atoms with Crippen LogP contribution in [0.3, 0.4) is 0 Å². The summed E-state index contributed by atoms with van der Waals surface area (Å²) in [6.45, 7) is 0. The van der Waals surface area contributed by atoms with Crippen LogP contribution < -0.4 is 9.46 Å². The Balaban J connectivity index is 1.81. The van der Waals surface area contributed by atoms with Gasteiger partial charge in [-0.25, -0.2) is 8.42 Å². The van der Waals surface area contributed by atoms with E-state index in [1.165, 1.54) is 24.3 Å². The summed E-state index contributed by atoms with van der Waals surface area (Å²) in [4.78, 5) is -0.160. The van der Waals surface area contributed by atoms with Crippen molar-refractivity contribution >= 4 is 38.9 Å². The summed E-state index contributed by atoms with van der Waals surface area (Å²) in [5.41, 5.74) is -1.40. The molecule has 152 valence electrons. The second kappa shape index (κ2) is 8.14. The molecule has 29 heavy (non-hydrogen) atoms. The summed E-state index contributed by atoms with van der Waals surface area (Å²) in [6.07, 6.45) is -4.71. The van der Waals surface area contributed by atoms with E-state index in [1.54, 1.807) is 24.3 Å². The van der Waals surface area contributed by atoms with E-state index in [2.05, 4.69) is 4.72 Å². The highest BCUT2D eigenvalue weighted by Gasteiger charge is 2.33. The number of hydrogen-bond acceptors (Lipinski definition) is 3. The van der Waals surface area contributed by atoms with Gasteiger partial charge in [0.2, 0.25) is 0 Å². The van der Waals surface area contributed by atoms with Crippen LogP contribution in [-0.2, 0) is 16.2 Å². The number of ether oxygens (including phenoxy) is 1. The fourth-order valence-electron chi connectivity index (χ4n) is 2.36. The molecule has 0 fully saturated rings. The zero-order chi connectivity index (χ0) is 21.2. The Bertz CT molecular complexity index is 1130. The molecule has 0 atom stereocenters. The number of sulfonamides is 1. The van der Waals surface area contributed by atoms with Gasteiger partial charge in [-0.05, 0) is 54.6 Å². The van der Waals surface area contributed by atoms with Gasteiger partial charge >= 0.3 is 6.18 Å². The molecule has 3 aromatic carbocycles. The third kappa shape index (κ3) is 5.14. The average molecular weight is 462 g/mol. The molecule has 0 bridgehead atoms. The lowest BCUT2D eigenvalue weighted by atomic mass is 10.2. The van der Waals surface area contributed by atoms with E-state index in [9.17, 15) is 21.6 Å². The highest BCUT2D eigenvalue weighted by molar-refractivity contribution is 7.92. The molecule has 4 nitrogen and oxygen atoms in total. The van der Waals surface area contributed by atoms with Gasteiger partial charge in [0.25, 0.3) is 10.0 Å². The first kappa shape index (κ1) is 21.3. The van der Waals surface area contributed by atoms with Crippen molar-refractivity contribution in [1.29, 1.82) is 0 Å². The third-order valence-corrected chi connectivity index (χ3v) is 5.76. The van der Waals surface area contributed by atoms with Gasteiger partial charge < -0.3 is 4.74 Å². The summed E-state index contributed by atoms with van der Waals surface area (Å²) in [5, 5.41) is -0.143. The highest BCUT2D eigenvalue weighted by Crippen LogP contribution is 2.36. The Morgan fingerprint density at radius 3 is 2.14 bits per heavy atom. The maximum atomic E-state index is 13.0. The number of anilines is 1. The SMILES string of the molecule is O=S(=O)(Nc1ccc(Cl)c(C(F)(F)F)c1)c1ccc(Oc2ccccc2Cl)cc1. The largest absolute Gasteiger partial charge is 0.456 e. The molecule has 3 aromatic rings. The van der Waals surface area contributed by atoms with Gasteiger partial charge in [0.15, 0.2) is 0 Å². The smallest absolute Gasteiger partial charge is 0.417 e. The zero-order valence-corrected chi connectivity index (χ0v) is 16.7. The fraction of sp³-hybridized carbons (Fsp3) is 0.0526. The lowest BCUT2D eigenvalue weighted by molar-refractivity contribution is -0.137. The molecule has 0 heterocycles. The maximum absolute atomic E-state index is 13.0. The minimum atomic E-state index is -4.71. The number of hydrogen-bond donors (Lipinski definition) is 1. The van der Waals surface area contributed by atoms with E-state index in [0.717, 1.165) is 12.1 Å². The van der Waals surface area contributed by atoms with Gasteiger partial charge in [-0.2, -0.15) is 13.2 Å². The monoisotopic (exact) mass is 461 g/mol. The Morgan fingerprint density at radius 2 is 1.52 bits per heavy atom. The maximum Gasteiger partial charge on any atom is 0.417 e. The van der Waals surface area contributed by atoms with Crippen molar-refractivity contribution in [1.82, 2.24) is 0 Å². The Kier molecular flexibility index (Phi) is 5.97. The Morgan fingerprint density at radius 1 is 0.862 bits per heavy atom. The predicted molar refractivity (Wildman–Crippen MR) is 105 cm³/mol. The van der Waals surface area contributed by atoms with E-state index < -0.39 is 26.8 Å². The van der Waals surface area contributed by atoms with Gasteiger partial charge in [-0.15, -0.1) is 0 Å². The lowest BCUT2D eigenvalue weighted by Crippen LogP contribution is -2.14. The molecule has 3 rings (SSSR count). The Labute approximate surface area is 174 Å². The summed E-state index contributed by atoms with van der Waals surface area (Å²) in [6, 6.07) is 14.8. The summed E-state index contributed by atoms with van der Waals surface area (Å²) in [5.74, 6) is 0.728. The topological polar surface area (TPSA) is 55.4 Å². The number of alkyl halides is 3. The van der Waals surface area contributed by atoms with Gasteiger partial charge in [-0.1, -0.05) is 35.3 Å². The number of halogens is 5.